The van der Waals surface area contributed by atoms with Crippen molar-refractivity contribution in [1.82, 2.24) is 11.1 Å². The van der Waals surface area contributed by atoms with Gasteiger partial charge in [-0.15, -0.1) is 5.92 Å². The van der Waals surface area contributed by atoms with Crippen LogP contribution in [0.25, 0.3) is 0 Å². The van der Waals surface area contributed by atoms with Crippen LogP contribution in [0.4, 0.5) is 4.79 Å². The minimum atomic E-state index is -0.784. The second kappa shape index (κ2) is 4.00. The van der Waals surface area contributed by atoms with Crippen molar-refractivity contribution in [2.45, 2.75) is 6.92 Å². The van der Waals surface area contributed by atoms with E-state index in [1.165, 1.54) is 0 Å². The predicted octanol–water partition coefficient (Wildman–Crippen LogP) is 0.00220. The number of urea groups is 1. The van der Waals surface area contributed by atoms with Crippen molar-refractivity contribution in [3.63, 3.8) is 0 Å². The van der Waals surface area contributed by atoms with Crippen LogP contribution in [0.5, 0.6) is 0 Å². The monoisotopic (exact) mass is 111 g/mol. The lowest BCUT2D eigenvalue weighted by Gasteiger charge is -1.87. The molecule has 1 radical (unpaired) electrons. The fourth-order valence-corrected chi connectivity index (χ4v) is 0.213. The molecule has 0 aromatic rings. The van der Waals surface area contributed by atoms with E-state index in [1.807, 2.05) is 0 Å². The summed E-state index contributed by atoms with van der Waals surface area (Å²) in [6.07, 6.45) is 0. The van der Waals surface area contributed by atoms with Crippen molar-refractivity contribution < 1.29 is 4.79 Å². The van der Waals surface area contributed by atoms with Crippen LogP contribution in [0.2, 0.25) is 0 Å². The van der Waals surface area contributed by atoms with Crippen LogP contribution in [-0.4, -0.2) is 12.6 Å². The minimum absolute atomic E-state index is 0.277. The van der Waals surface area contributed by atoms with Crippen molar-refractivity contribution in [3.05, 3.63) is 0 Å². The van der Waals surface area contributed by atoms with E-state index in [1.54, 1.807) is 6.92 Å². The maximum atomic E-state index is 9.81. The van der Waals surface area contributed by atoms with Gasteiger partial charge in [-0.25, -0.2) is 10.5 Å². The summed E-state index contributed by atoms with van der Waals surface area (Å²) in [6, 6.07) is -0.784. The molecule has 3 nitrogen and oxygen atoms in total. The first-order valence-corrected chi connectivity index (χ1v) is 2.16. The Labute approximate surface area is 48.2 Å². The molecule has 0 rings (SSSR count). The predicted molar refractivity (Wildman–Crippen MR) is 29.9 cm³/mol. The first kappa shape index (κ1) is 6.83. The first-order chi connectivity index (χ1) is 3.77. The van der Waals surface area contributed by atoms with Crippen LogP contribution in [-0.2, 0) is 0 Å². The highest BCUT2D eigenvalue weighted by Gasteiger charge is 1.83. The smallest absolute Gasteiger partial charge is 0.326 e. The van der Waals surface area contributed by atoms with Gasteiger partial charge in [-0.2, -0.15) is 0 Å². The Hall–Kier alpha value is -1.17. The summed E-state index contributed by atoms with van der Waals surface area (Å²) in [5.41, 5.74) is 6.34. The molecule has 43 valence electrons. The van der Waals surface area contributed by atoms with Gasteiger partial charge in [0, 0.05) is 0 Å². The Morgan fingerprint density at radius 2 is 2.50 bits per heavy atom. The van der Waals surface area contributed by atoms with Crippen molar-refractivity contribution in [3.8, 4) is 11.8 Å². The maximum Gasteiger partial charge on any atom is 0.334 e. The number of hydrogen-bond donors (Lipinski definition) is 1. The number of hydrogen-bond acceptors (Lipinski definition) is 1. The molecule has 0 fully saturated rings. The van der Waals surface area contributed by atoms with Crippen LogP contribution in [0.15, 0.2) is 0 Å². The molecule has 0 atom stereocenters. The van der Waals surface area contributed by atoms with Crippen LogP contribution in [0, 0.1) is 11.8 Å². The number of carbonyl (C=O) groups is 1. The van der Waals surface area contributed by atoms with E-state index >= 15 is 0 Å². The SMILES string of the molecule is CC#CCNC([NH])=O. The van der Waals surface area contributed by atoms with Gasteiger partial charge in [-0.3, -0.25) is 0 Å². The van der Waals surface area contributed by atoms with Gasteiger partial charge in [-0.1, -0.05) is 5.92 Å². The van der Waals surface area contributed by atoms with E-state index < -0.39 is 6.03 Å². The molecule has 0 bridgehead atoms. The molecular formula is C5H7N2O. The van der Waals surface area contributed by atoms with Gasteiger partial charge < -0.3 is 5.32 Å². The summed E-state index contributed by atoms with van der Waals surface area (Å²) in [5, 5.41) is 2.20. The number of amides is 2. The van der Waals surface area contributed by atoms with Crippen LogP contribution < -0.4 is 11.1 Å². The molecule has 0 aliphatic rings. The van der Waals surface area contributed by atoms with Gasteiger partial charge >= 0.3 is 6.03 Å². The lowest BCUT2D eigenvalue weighted by atomic mass is 10.6. The van der Waals surface area contributed by atoms with Gasteiger partial charge in [0.25, 0.3) is 0 Å². The van der Waals surface area contributed by atoms with Crippen molar-refractivity contribution in [1.29, 1.82) is 0 Å². The molecule has 0 aliphatic carbocycles. The summed E-state index contributed by atoms with van der Waals surface area (Å²) >= 11 is 0. The molecule has 0 saturated carbocycles. The summed E-state index contributed by atoms with van der Waals surface area (Å²) in [6.45, 7) is 1.95. The molecule has 0 unspecified atom stereocenters. The Bertz CT molecular complexity index is 131. The summed E-state index contributed by atoms with van der Waals surface area (Å²) < 4.78 is 0. The fourth-order valence-electron chi connectivity index (χ4n) is 0.213. The van der Waals surface area contributed by atoms with Crippen LogP contribution in [0.1, 0.15) is 6.92 Å². The quantitative estimate of drug-likeness (QED) is 0.476. The molecule has 0 aromatic heterocycles. The highest BCUT2D eigenvalue weighted by atomic mass is 16.2. The van der Waals surface area contributed by atoms with Crippen molar-refractivity contribution in [2.75, 3.05) is 6.54 Å². The fraction of sp³-hybridized carbons (Fsp3) is 0.400. The Kier molecular flexibility index (Phi) is 3.42. The van der Waals surface area contributed by atoms with E-state index in [0.29, 0.717) is 0 Å². The van der Waals surface area contributed by atoms with Gasteiger partial charge in [0.15, 0.2) is 0 Å². The Balaban J connectivity index is 3.14. The highest BCUT2D eigenvalue weighted by Crippen LogP contribution is 1.56. The zero-order chi connectivity index (χ0) is 6.41. The van der Waals surface area contributed by atoms with E-state index in [2.05, 4.69) is 17.2 Å². The topological polar surface area (TPSA) is 52.9 Å². The maximum absolute atomic E-state index is 9.81. The van der Waals surface area contributed by atoms with Crippen LogP contribution in [0.3, 0.4) is 0 Å². The molecular weight excluding hydrogens is 104 g/mol. The van der Waals surface area contributed by atoms with E-state index in [4.69, 9.17) is 5.73 Å². The summed E-state index contributed by atoms with van der Waals surface area (Å²) in [7, 11) is 0. The van der Waals surface area contributed by atoms with Gasteiger partial charge in [0.1, 0.15) is 0 Å². The minimum Gasteiger partial charge on any atom is -0.326 e. The van der Waals surface area contributed by atoms with E-state index in [9.17, 15) is 4.79 Å². The molecule has 0 aliphatic heterocycles. The Morgan fingerprint density at radius 1 is 1.88 bits per heavy atom. The van der Waals surface area contributed by atoms with Crippen molar-refractivity contribution >= 4 is 6.03 Å². The van der Waals surface area contributed by atoms with E-state index in [-0.39, 0.29) is 6.54 Å². The van der Waals surface area contributed by atoms with Gasteiger partial charge in [0.05, 0.1) is 6.54 Å². The molecule has 2 amide bonds. The second-order valence-corrected chi connectivity index (χ2v) is 1.11. The van der Waals surface area contributed by atoms with Crippen molar-refractivity contribution in [2.24, 2.45) is 0 Å². The number of nitrogens with one attached hydrogen (secondary N) is 2. The molecule has 0 saturated heterocycles. The Morgan fingerprint density at radius 3 is 2.88 bits per heavy atom. The number of carbonyl (C=O) groups excluding carboxylic acids is 1. The lowest BCUT2D eigenvalue weighted by molar-refractivity contribution is 0.249. The largest absolute Gasteiger partial charge is 0.334 e. The molecule has 3 heteroatoms. The lowest BCUT2D eigenvalue weighted by Crippen LogP contribution is -2.22. The summed E-state index contributed by atoms with van der Waals surface area (Å²) in [5.74, 6) is 5.15. The first-order valence-electron chi connectivity index (χ1n) is 2.16. The summed E-state index contributed by atoms with van der Waals surface area (Å²) in [4.78, 5) is 9.81. The molecule has 2 N–H and O–H groups in total. The molecule has 0 spiro atoms. The van der Waals surface area contributed by atoms with Crippen LogP contribution >= 0.6 is 0 Å². The highest BCUT2D eigenvalue weighted by molar-refractivity contribution is 5.70. The number of rotatable bonds is 1. The molecule has 0 aromatic carbocycles. The normalized spacial score (nSPS) is 6.62. The second-order valence-electron chi connectivity index (χ2n) is 1.11. The molecule has 8 heavy (non-hydrogen) atoms. The third-order valence-corrected chi connectivity index (χ3v) is 0.514. The third kappa shape index (κ3) is 4.83. The standard InChI is InChI=1S/C5H7N2O/c1-2-3-4-7-5(6)8/h6H,4H2,1H3,(H,7,8). The zero-order valence-electron chi connectivity index (χ0n) is 4.62. The average molecular weight is 111 g/mol. The van der Waals surface area contributed by atoms with E-state index in [0.717, 1.165) is 0 Å². The average Bonchev–Trinajstić information content (AvgIpc) is 1.66. The van der Waals surface area contributed by atoms with Gasteiger partial charge in [0.2, 0.25) is 0 Å². The molecule has 0 heterocycles. The van der Waals surface area contributed by atoms with Gasteiger partial charge in [-0.05, 0) is 6.92 Å². The third-order valence-electron chi connectivity index (χ3n) is 0.514. The zero-order valence-corrected chi connectivity index (χ0v) is 4.62.